The second-order valence-electron chi connectivity index (χ2n) is 0.924. The minimum Gasteiger partial charge on any atom is -0.273 e. The predicted molar refractivity (Wildman–Crippen MR) is 27.0 cm³/mol. The maximum atomic E-state index is 4.66. The first-order chi connectivity index (χ1) is 3.35. The molecule has 0 unspecified atom stereocenters. The Morgan fingerprint density at radius 2 is 1.71 bits per heavy atom. The lowest BCUT2D eigenvalue weighted by molar-refractivity contribution is -0.199. The van der Waals surface area contributed by atoms with Gasteiger partial charge in [-0.2, -0.15) is 0 Å². The summed E-state index contributed by atoms with van der Waals surface area (Å²) in [6.07, 6.45) is 0. The molecule has 0 saturated carbocycles. The van der Waals surface area contributed by atoms with Crippen LogP contribution in [0.4, 0.5) is 0 Å². The third-order valence-electron chi connectivity index (χ3n) is 0.589. The smallest absolute Gasteiger partial charge is 0.0607 e. The van der Waals surface area contributed by atoms with Crippen molar-refractivity contribution in [3.63, 3.8) is 0 Å². The third kappa shape index (κ3) is 2.52. The van der Waals surface area contributed by atoms with Crippen molar-refractivity contribution in [2.75, 3.05) is 21.2 Å². The Bertz CT molecular complexity index is 31.7. The number of hydrazine groups is 2. The predicted octanol–water partition coefficient (Wildman–Crippen LogP) is -0.881. The van der Waals surface area contributed by atoms with Gasteiger partial charge in [-0.25, -0.2) is 10.9 Å². The van der Waals surface area contributed by atoms with Crippen molar-refractivity contribution >= 4 is 0 Å². The van der Waals surface area contributed by atoms with Crippen molar-refractivity contribution in [1.29, 1.82) is 0 Å². The lowest BCUT2D eigenvalue weighted by Crippen LogP contribution is -2.42. The Morgan fingerprint density at radius 1 is 1.29 bits per heavy atom. The van der Waals surface area contributed by atoms with Crippen LogP contribution < -0.4 is 10.9 Å². The van der Waals surface area contributed by atoms with E-state index in [-0.39, 0.29) is 0 Å². The van der Waals surface area contributed by atoms with E-state index >= 15 is 0 Å². The van der Waals surface area contributed by atoms with Gasteiger partial charge >= 0.3 is 0 Å². The molecule has 0 aliphatic carbocycles. The van der Waals surface area contributed by atoms with E-state index in [9.17, 15) is 0 Å². The molecule has 7 heavy (non-hydrogen) atoms. The highest BCUT2D eigenvalue weighted by atomic mass is 16.7. The Balaban J connectivity index is 2.99. The molecule has 2 N–H and O–H groups in total. The fourth-order valence-corrected chi connectivity index (χ4v) is 0.294. The van der Waals surface area contributed by atoms with Crippen LogP contribution in [-0.2, 0) is 4.84 Å². The van der Waals surface area contributed by atoms with Gasteiger partial charge in [0.2, 0.25) is 0 Å². The maximum absolute atomic E-state index is 4.66. The van der Waals surface area contributed by atoms with Crippen LogP contribution in [0.5, 0.6) is 0 Å². The first-order valence-corrected chi connectivity index (χ1v) is 2.04. The van der Waals surface area contributed by atoms with Gasteiger partial charge in [-0.15, -0.1) is 0 Å². The molecule has 4 nitrogen and oxygen atoms in total. The maximum Gasteiger partial charge on any atom is 0.0607 e. The first-order valence-electron chi connectivity index (χ1n) is 2.04. The van der Waals surface area contributed by atoms with Gasteiger partial charge in [0.05, 0.1) is 7.11 Å². The fourth-order valence-electron chi connectivity index (χ4n) is 0.294. The van der Waals surface area contributed by atoms with Crippen LogP contribution in [0.1, 0.15) is 0 Å². The summed E-state index contributed by atoms with van der Waals surface area (Å²) in [6.45, 7) is 0. The molecule has 0 fully saturated rings. The molecule has 4 heteroatoms. The van der Waals surface area contributed by atoms with Crippen molar-refractivity contribution in [2.24, 2.45) is 0 Å². The molecule has 0 aromatic heterocycles. The molecule has 44 valence electrons. The second-order valence-corrected chi connectivity index (χ2v) is 0.924. The summed E-state index contributed by atoms with van der Waals surface area (Å²) in [5.74, 6) is 0. The van der Waals surface area contributed by atoms with Crippen LogP contribution >= 0.6 is 0 Å². The van der Waals surface area contributed by atoms with Gasteiger partial charge in [0, 0.05) is 14.1 Å². The Hall–Kier alpha value is -0.160. The van der Waals surface area contributed by atoms with Gasteiger partial charge in [-0.3, -0.25) is 4.84 Å². The highest BCUT2D eigenvalue weighted by molar-refractivity contribution is 4.07. The summed E-state index contributed by atoms with van der Waals surface area (Å²) in [7, 11) is 5.06. The summed E-state index contributed by atoms with van der Waals surface area (Å²) in [5.41, 5.74) is 5.40. The molecule has 0 heterocycles. The minimum absolute atomic E-state index is 1.38. The quantitative estimate of drug-likeness (QED) is 0.457. The van der Waals surface area contributed by atoms with Crippen LogP contribution in [0.3, 0.4) is 0 Å². The van der Waals surface area contributed by atoms with Crippen molar-refractivity contribution in [3.8, 4) is 0 Å². The largest absolute Gasteiger partial charge is 0.273 e. The normalized spacial score (nSPS) is 10.3. The zero-order valence-electron chi connectivity index (χ0n) is 4.86. The number of hydrogen-bond donors (Lipinski definition) is 2. The standard InChI is InChI=1S/C3H11N3O/c1-4-6(5-2)7-3/h4-5H,1-3H3. The summed E-state index contributed by atoms with van der Waals surface area (Å²) >= 11 is 0. The second kappa shape index (κ2) is 4.01. The van der Waals surface area contributed by atoms with Crippen molar-refractivity contribution < 1.29 is 4.84 Å². The monoisotopic (exact) mass is 105 g/mol. The van der Waals surface area contributed by atoms with Gasteiger partial charge < -0.3 is 0 Å². The van der Waals surface area contributed by atoms with Crippen molar-refractivity contribution in [2.45, 2.75) is 0 Å². The summed E-state index contributed by atoms with van der Waals surface area (Å²) < 4.78 is 0. The molecule has 0 saturated heterocycles. The molecule has 0 aliphatic heterocycles. The summed E-state index contributed by atoms with van der Waals surface area (Å²) in [4.78, 5) is 4.66. The van der Waals surface area contributed by atoms with Gasteiger partial charge in [-0.1, -0.05) is 5.28 Å². The van der Waals surface area contributed by atoms with E-state index < -0.39 is 0 Å². The molecule has 0 rings (SSSR count). The van der Waals surface area contributed by atoms with Gasteiger partial charge in [0.15, 0.2) is 0 Å². The molecule has 0 amide bonds. The Kier molecular flexibility index (Phi) is 3.92. The molecule has 0 bridgehead atoms. The van der Waals surface area contributed by atoms with E-state index in [0.29, 0.717) is 0 Å². The molecule has 0 atom stereocenters. The topological polar surface area (TPSA) is 36.5 Å². The van der Waals surface area contributed by atoms with E-state index in [1.807, 2.05) is 0 Å². The molecule has 0 aliphatic rings. The van der Waals surface area contributed by atoms with Gasteiger partial charge in [0.1, 0.15) is 0 Å². The van der Waals surface area contributed by atoms with E-state index in [2.05, 4.69) is 15.7 Å². The van der Waals surface area contributed by atoms with E-state index in [1.54, 1.807) is 21.2 Å². The number of rotatable bonds is 3. The molecular weight excluding hydrogens is 94.1 g/mol. The van der Waals surface area contributed by atoms with Gasteiger partial charge in [0.25, 0.3) is 0 Å². The SMILES string of the molecule is CNN(NC)OC. The minimum atomic E-state index is 1.38. The molecule has 0 aromatic rings. The van der Waals surface area contributed by atoms with Gasteiger partial charge in [-0.05, 0) is 0 Å². The van der Waals surface area contributed by atoms with Crippen LogP contribution in [0.25, 0.3) is 0 Å². The Labute approximate surface area is 43.3 Å². The van der Waals surface area contributed by atoms with Crippen LogP contribution in [0, 0.1) is 0 Å². The van der Waals surface area contributed by atoms with Crippen LogP contribution in [0.15, 0.2) is 0 Å². The average molecular weight is 105 g/mol. The third-order valence-corrected chi connectivity index (χ3v) is 0.589. The summed E-state index contributed by atoms with van der Waals surface area (Å²) in [6, 6.07) is 0. The van der Waals surface area contributed by atoms with Crippen molar-refractivity contribution in [3.05, 3.63) is 0 Å². The average Bonchev–Trinajstić information content (AvgIpc) is 1.72. The molecule has 0 spiro atoms. The highest BCUT2D eigenvalue weighted by Crippen LogP contribution is 1.65. The van der Waals surface area contributed by atoms with Crippen LogP contribution in [0.2, 0.25) is 0 Å². The van der Waals surface area contributed by atoms with E-state index in [0.717, 1.165) is 0 Å². The fraction of sp³-hybridized carbons (Fsp3) is 1.00. The zero-order valence-corrected chi connectivity index (χ0v) is 4.86. The van der Waals surface area contributed by atoms with E-state index in [1.165, 1.54) is 5.28 Å². The Morgan fingerprint density at radius 3 is 1.71 bits per heavy atom. The zero-order chi connectivity index (χ0) is 5.70. The number of hydrogen-bond acceptors (Lipinski definition) is 4. The number of nitrogens with one attached hydrogen (secondary N) is 2. The molecule has 0 radical (unpaired) electrons. The van der Waals surface area contributed by atoms with Crippen LogP contribution in [-0.4, -0.2) is 26.5 Å². The lowest BCUT2D eigenvalue weighted by atomic mass is 11.4. The highest BCUT2D eigenvalue weighted by Gasteiger charge is 1.87. The summed E-state index contributed by atoms with van der Waals surface area (Å²) in [5, 5.41) is 1.38. The van der Waals surface area contributed by atoms with Crippen molar-refractivity contribution in [1.82, 2.24) is 16.1 Å². The van der Waals surface area contributed by atoms with E-state index in [4.69, 9.17) is 0 Å². The molecular formula is C3H11N3O. The molecule has 0 aromatic carbocycles. The lowest BCUT2D eigenvalue weighted by Gasteiger charge is -2.14. The number of nitrogens with zero attached hydrogens (tertiary/aromatic N) is 1. The first kappa shape index (κ1) is 6.84.